The Kier molecular flexibility index (Phi) is 4.34. The number of carbonyl (C=O) groups is 1. The van der Waals surface area contributed by atoms with Gasteiger partial charge in [0.2, 0.25) is 0 Å². The van der Waals surface area contributed by atoms with E-state index in [1.54, 1.807) is 6.92 Å². The van der Waals surface area contributed by atoms with Crippen molar-refractivity contribution in [3.63, 3.8) is 0 Å². The summed E-state index contributed by atoms with van der Waals surface area (Å²) in [6.45, 7) is 2.36. The molecule has 0 saturated carbocycles. The van der Waals surface area contributed by atoms with E-state index in [-0.39, 0.29) is 26.4 Å². The highest BCUT2D eigenvalue weighted by Crippen LogP contribution is 2.30. The number of carbonyl (C=O) groups excluding carboxylic acids is 1. The molecule has 19 heavy (non-hydrogen) atoms. The minimum atomic E-state index is -0.836. The molecule has 0 fully saturated rings. The zero-order valence-corrected chi connectivity index (χ0v) is 10.6. The monoisotopic (exact) mass is 269 g/mol. The van der Waals surface area contributed by atoms with Crippen molar-refractivity contribution in [3.05, 3.63) is 29.1 Å². The molecular formula is C13H16FNO4. The van der Waals surface area contributed by atoms with Crippen molar-refractivity contribution in [1.29, 1.82) is 0 Å². The van der Waals surface area contributed by atoms with Crippen LogP contribution in [0.4, 0.5) is 4.39 Å². The molecule has 6 heteroatoms. The van der Waals surface area contributed by atoms with Gasteiger partial charge < -0.3 is 19.9 Å². The van der Waals surface area contributed by atoms with Crippen LogP contribution in [0.5, 0.6) is 5.75 Å². The lowest BCUT2D eigenvalue weighted by Crippen LogP contribution is -2.34. The van der Waals surface area contributed by atoms with Crippen LogP contribution < -0.4 is 10.5 Å². The molecule has 0 saturated heterocycles. The standard InChI is InChI=1S/C13H16FNO4/c1-2-18-13(16)11(15)5-8-3-10(14)4-9-6-17-7-19-12(8)9/h3-4,11H,2,5-7,15H2,1H3. The van der Waals surface area contributed by atoms with Gasteiger partial charge in [0, 0.05) is 12.0 Å². The molecule has 0 bridgehead atoms. The number of rotatable bonds is 4. The van der Waals surface area contributed by atoms with Gasteiger partial charge in [-0.05, 0) is 24.6 Å². The first-order valence-electron chi connectivity index (χ1n) is 6.06. The predicted molar refractivity (Wildman–Crippen MR) is 65.0 cm³/mol. The molecule has 1 unspecified atom stereocenters. The average molecular weight is 269 g/mol. The third-order valence-electron chi connectivity index (χ3n) is 2.78. The molecule has 0 amide bonds. The summed E-state index contributed by atoms with van der Waals surface area (Å²) in [5.74, 6) is -0.362. The van der Waals surface area contributed by atoms with Gasteiger partial charge in [0.25, 0.3) is 0 Å². The summed E-state index contributed by atoms with van der Waals surface area (Å²) in [4.78, 5) is 11.5. The Bertz CT molecular complexity index is 478. The second kappa shape index (κ2) is 5.99. The number of esters is 1. The molecule has 1 atom stereocenters. The van der Waals surface area contributed by atoms with E-state index in [1.807, 2.05) is 0 Å². The van der Waals surface area contributed by atoms with Crippen LogP contribution in [0.15, 0.2) is 12.1 Å². The van der Waals surface area contributed by atoms with E-state index in [2.05, 4.69) is 0 Å². The minimum absolute atomic E-state index is 0.111. The summed E-state index contributed by atoms with van der Waals surface area (Å²) < 4.78 is 28.8. The van der Waals surface area contributed by atoms with Gasteiger partial charge in [-0.3, -0.25) is 4.79 Å². The summed E-state index contributed by atoms with van der Waals surface area (Å²) in [6, 6.07) is 1.84. The van der Waals surface area contributed by atoms with Gasteiger partial charge >= 0.3 is 5.97 Å². The van der Waals surface area contributed by atoms with Gasteiger partial charge in [-0.1, -0.05) is 0 Å². The lowest BCUT2D eigenvalue weighted by molar-refractivity contribution is -0.144. The van der Waals surface area contributed by atoms with Crippen LogP contribution in [-0.4, -0.2) is 25.4 Å². The van der Waals surface area contributed by atoms with E-state index in [9.17, 15) is 9.18 Å². The number of hydrogen-bond acceptors (Lipinski definition) is 5. The second-order valence-corrected chi connectivity index (χ2v) is 4.23. The molecule has 1 heterocycles. The van der Waals surface area contributed by atoms with Crippen LogP contribution in [0.3, 0.4) is 0 Å². The number of benzene rings is 1. The number of halogens is 1. The smallest absolute Gasteiger partial charge is 0.323 e. The molecule has 1 aromatic carbocycles. The fourth-order valence-corrected chi connectivity index (χ4v) is 1.98. The number of hydrogen-bond donors (Lipinski definition) is 1. The van der Waals surface area contributed by atoms with E-state index >= 15 is 0 Å². The third-order valence-corrected chi connectivity index (χ3v) is 2.78. The van der Waals surface area contributed by atoms with Gasteiger partial charge in [-0.25, -0.2) is 4.39 Å². The molecule has 2 rings (SSSR count). The Hall–Kier alpha value is -1.66. The first-order chi connectivity index (χ1) is 9.11. The van der Waals surface area contributed by atoms with E-state index in [0.717, 1.165) is 0 Å². The van der Waals surface area contributed by atoms with Gasteiger partial charge in [-0.2, -0.15) is 0 Å². The largest absolute Gasteiger partial charge is 0.467 e. The Morgan fingerprint density at radius 1 is 1.58 bits per heavy atom. The lowest BCUT2D eigenvalue weighted by Gasteiger charge is -2.21. The van der Waals surface area contributed by atoms with E-state index in [0.29, 0.717) is 16.9 Å². The highest BCUT2D eigenvalue weighted by atomic mass is 19.1. The SMILES string of the molecule is CCOC(=O)C(N)Cc1cc(F)cc2c1OCOC2. The fraction of sp³-hybridized carbons (Fsp3) is 0.462. The summed E-state index contributed by atoms with van der Waals surface area (Å²) in [5, 5.41) is 0. The Balaban J connectivity index is 2.20. The molecular weight excluding hydrogens is 253 g/mol. The van der Waals surface area contributed by atoms with E-state index in [4.69, 9.17) is 19.9 Å². The van der Waals surface area contributed by atoms with Crippen molar-refractivity contribution in [3.8, 4) is 5.75 Å². The van der Waals surface area contributed by atoms with E-state index in [1.165, 1.54) is 12.1 Å². The highest BCUT2D eigenvalue weighted by Gasteiger charge is 2.22. The third kappa shape index (κ3) is 3.21. The lowest BCUT2D eigenvalue weighted by atomic mass is 10.0. The van der Waals surface area contributed by atoms with E-state index < -0.39 is 17.8 Å². The van der Waals surface area contributed by atoms with Crippen molar-refractivity contribution >= 4 is 5.97 Å². The maximum Gasteiger partial charge on any atom is 0.323 e. The van der Waals surface area contributed by atoms with Crippen molar-refractivity contribution in [2.45, 2.75) is 26.0 Å². The van der Waals surface area contributed by atoms with Crippen molar-refractivity contribution in [2.75, 3.05) is 13.4 Å². The normalized spacial score (nSPS) is 15.3. The molecule has 2 N–H and O–H groups in total. The molecule has 1 aromatic rings. The number of fused-ring (bicyclic) bond motifs is 1. The van der Waals surface area contributed by atoms with Gasteiger partial charge in [0.05, 0.1) is 13.2 Å². The molecule has 0 aliphatic carbocycles. The van der Waals surface area contributed by atoms with Crippen molar-refractivity contribution in [1.82, 2.24) is 0 Å². The molecule has 1 aliphatic rings. The van der Waals surface area contributed by atoms with Crippen LogP contribution in [0.25, 0.3) is 0 Å². The van der Waals surface area contributed by atoms with Crippen LogP contribution >= 0.6 is 0 Å². The van der Waals surface area contributed by atoms with Crippen molar-refractivity contribution < 1.29 is 23.4 Å². The topological polar surface area (TPSA) is 70.8 Å². The number of ether oxygens (including phenoxy) is 3. The van der Waals surface area contributed by atoms with Crippen LogP contribution in [-0.2, 0) is 27.3 Å². The fourth-order valence-electron chi connectivity index (χ4n) is 1.98. The van der Waals surface area contributed by atoms with Gasteiger partial charge in [-0.15, -0.1) is 0 Å². The summed E-state index contributed by atoms with van der Waals surface area (Å²) in [6.07, 6.45) is 0.166. The minimum Gasteiger partial charge on any atom is -0.467 e. The maximum absolute atomic E-state index is 13.5. The predicted octanol–water partition coefficient (Wildman–Crippen LogP) is 1.13. The second-order valence-electron chi connectivity index (χ2n) is 4.23. The van der Waals surface area contributed by atoms with Crippen LogP contribution in [0, 0.1) is 5.82 Å². The molecule has 104 valence electrons. The summed E-state index contributed by atoms with van der Waals surface area (Å²) in [7, 11) is 0. The number of nitrogens with two attached hydrogens (primary N) is 1. The average Bonchev–Trinajstić information content (AvgIpc) is 2.38. The first kappa shape index (κ1) is 13.8. The Morgan fingerprint density at radius 3 is 3.11 bits per heavy atom. The highest BCUT2D eigenvalue weighted by molar-refractivity contribution is 5.76. The zero-order chi connectivity index (χ0) is 13.8. The van der Waals surface area contributed by atoms with Gasteiger partial charge in [0.15, 0.2) is 6.79 Å². The molecule has 5 nitrogen and oxygen atoms in total. The molecule has 1 aliphatic heterocycles. The first-order valence-corrected chi connectivity index (χ1v) is 6.06. The molecule has 0 radical (unpaired) electrons. The van der Waals surface area contributed by atoms with Crippen molar-refractivity contribution in [2.24, 2.45) is 5.73 Å². The van der Waals surface area contributed by atoms with Gasteiger partial charge in [0.1, 0.15) is 17.6 Å². The molecule has 0 spiro atoms. The quantitative estimate of drug-likeness (QED) is 0.829. The van der Waals surface area contributed by atoms with Crippen LogP contribution in [0.1, 0.15) is 18.1 Å². The summed E-state index contributed by atoms with van der Waals surface area (Å²) >= 11 is 0. The Morgan fingerprint density at radius 2 is 2.37 bits per heavy atom. The van der Waals surface area contributed by atoms with Crippen LogP contribution in [0.2, 0.25) is 0 Å². The summed E-state index contributed by atoms with van der Waals surface area (Å²) in [5.41, 5.74) is 6.91. The maximum atomic E-state index is 13.5. The Labute approximate surface area is 110 Å². The zero-order valence-electron chi connectivity index (χ0n) is 10.6. The molecule has 0 aromatic heterocycles.